The van der Waals surface area contributed by atoms with Gasteiger partial charge in [0.2, 0.25) is 5.91 Å². The van der Waals surface area contributed by atoms with E-state index >= 15 is 4.39 Å². The number of thiocarbonyl (C=S) groups is 1. The molecule has 43 heavy (non-hydrogen) atoms. The quantitative estimate of drug-likeness (QED) is 0.133. The fourth-order valence-corrected chi connectivity index (χ4v) is 6.12. The van der Waals surface area contributed by atoms with Gasteiger partial charge in [-0.3, -0.25) is 9.78 Å². The molecule has 5 rings (SSSR count). The number of thioether (sulfide) groups is 1. The smallest absolute Gasteiger partial charge is 0.230 e. The minimum absolute atomic E-state index is 0.0180. The van der Waals surface area contributed by atoms with Gasteiger partial charge in [-0.05, 0) is 53.2 Å². The van der Waals surface area contributed by atoms with Crippen molar-refractivity contribution in [3.8, 4) is 11.5 Å². The summed E-state index contributed by atoms with van der Waals surface area (Å²) < 4.78 is 39.3. The molecule has 0 saturated heterocycles. The summed E-state index contributed by atoms with van der Waals surface area (Å²) in [6.45, 7) is 2.20. The molecule has 1 unspecified atom stereocenters. The summed E-state index contributed by atoms with van der Waals surface area (Å²) in [5.41, 5.74) is 4.29. The van der Waals surface area contributed by atoms with Crippen LogP contribution in [0.5, 0.6) is 11.5 Å². The van der Waals surface area contributed by atoms with Gasteiger partial charge in [-0.15, -0.1) is 11.8 Å². The highest BCUT2D eigenvalue weighted by atomic mass is 32.2. The zero-order valence-electron chi connectivity index (χ0n) is 23.4. The summed E-state index contributed by atoms with van der Waals surface area (Å²) in [5, 5.41) is 8.91. The molecule has 0 aliphatic carbocycles. The van der Waals surface area contributed by atoms with Gasteiger partial charge in [-0.2, -0.15) is 0 Å². The summed E-state index contributed by atoms with van der Waals surface area (Å²) in [4.78, 5) is 17.7. The molecular weight excluding hydrogens is 591 g/mol. The minimum atomic E-state index is -0.593. The Bertz CT molecular complexity index is 1600. The first-order valence-electron chi connectivity index (χ1n) is 13.6. The lowest BCUT2D eigenvalue weighted by atomic mass is 10.0. The Morgan fingerprint density at radius 2 is 1.88 bits per heavy atom. The molecule has 7 nitrogen and oxygen atoms in total. The maximum Gasteiger partial charge on any atom is 0.230 e. The van der Waals surface area contributed by atoms with Crippen LogP contribution in [0.3, 0.4) is 0 Å². The number of pyridine rings is 1. The minimum Gasteiger partial charge on any atom is -0.453 e. The summed E-state index contributed by atoms with van der Waals surface area (Å²) in [6, 6.07) is 20.2. The van der Waals surface area contributed by atoms with Crippen molar-refractivity contribution in [1.29, 1.82) is 0 Å². The molecule has 2 heterocycles. The summed E-state index contributed by atoms with van der Waals surface area (Å²) in [6.07, 6.45) is 2.44. The van der Waals surface area contributed by atoms with Crippen molar-refractivity contribution >= 4 is 40.7 Å². The van der Waals surface area contributed by atoms with Crippen LogP contribution in [-0.2, 0) is 28.9 Å². The van der Waals surface area contributed by atoms with Crippen LogP contribution in [0.1, 0.15) is 27.6 Å². The number of nitrogens with zero attached hydrogens (tertiary/aromatic N) is 1. The van der Waals surface area contributed by atoms with Gasteiger partial charge < -0.3 is 25.4 Å². The van der Waals surface area contributed by atoms with Crippen LogP contribution in [0.15, 0.2) is 83.9 Å². The average Bonchev–Trinajstić information content (AvgIpc) is 3.44. The Hall–Kier alpha value is -3.90. The van der Waals surface area contributed by atoms with E-state index in [2.05, 4.69) is 45.2 Å². The Labute approximate surface area is 258 Å². The molecule has 11 heteroatoms. The van der Waals surface area contributed by atoms with Crippen LogP contribution in [0.25, 0.3) is 0 Å². The maximum atomic E-state index is 15.1. The van der Waals surface area contributed by atoms with E-state index in [0.29, 0.717) is 23.6 Å². The van der Waals surface area contributed by atoms with Crippen molar-refractivity contribution in [1.82, 2.24) is 15.6 Å². The van der Waals surface area contributed by atoms with Gasteiger partial charge in [0, 0.05) is 55.9 Å². The largest absolute Gasteiger partial charge is 0.453 e. The SMILES string of the molecule is COCCNCc1cccc(C2Cc3nccc(Oc4ccc(NC(=S)NC(=O)Cc5ccc(F)cc5)cc4F)c3S2)c1. The maximum absolute atomic E-state index is 15.1. The molecule has 3 aromatic carbocycles. The van der Waals surface area contributed by atoms with Crippen LogP contribution >= 0.6 is 24.0 Å². The Kier molecular flexibility index (Phi) is 10.3. The van der Waals surface area contributed by atoms with Gasteiger partial charge in [-0.1, -0.05) is 36.4 Å². The number of carbonyl (C=O) groups is 1. The van der Waals surface area contributed by atoms with Crippen LogP contribution in [0, 0.1) is 11.6 Å². The van der Waals surface area contributed by atoms with Gasteiger partial charge in [0.05, 0.1) is 23.6 Å². The lowest BCUT2D eigenvalue weighted by Crippen LogP contribution is -2.35. The lowest BCUT2D eigenvalue weighted by Gasteiger charge is -2.13. The predicted molar refractivity (Wildman–Crippen MR) is 168 cm³/mol. The molecule has 0 spiro atoms. The topological polar surface area (TPSA) is 84.5 Å². The van der Waals surface area contributed by atoms with Crippen molar-refractivity contribution in [2.24, 2.45) is 0 Å². The number of nitrogens with one attached hydrogen (secondary N) is 3. The molecule has 1 aliphatic heterocycles. The van der Waals surface area contributed by atoms with Gasteiger partial charge in [0.25, 0.3) is 0 Å². The van der Waals surface area contributed by atoms with Crippen LogP contribution < -0.4 is 20.7 Å². The number of benzene rings is 3. The van der Waals surface area contributed by atoms with E-state index in [4.69, 9.17) is 21.7 Å². The third-order valence-corrected chi connectivity index (χ3v) is 8.26. The molecule has 0 fully saturated rings. The van der Waals surface area contributed by atoms with E-state index in [1.54, 1.807) is 37.2 Å². The molecule has 0 saturated carbocycles. The first kappa shape index (κ1) is 30.6. The first-order valence-corrected chi connectivity index (χ1v) is 14.9. The van der Waals surface area contributed by atoms with Crippen LogP contribution in [0.4, 0.5) is 14.5 Å². The normalized spacial score (nSPS) is 13.8. The molecule has 1 aromatic heterocycles. The Morgan fingerprint density at radius 3 is 2.67 bits per heavy atom. The van der Waals surface area contributed by atoms with E-state index in [0.717, 1.165) is 30.1 Å². The van der Waals surface area contributed by atoms with E-state index in [1.165, 1.54) is 47.5 Å². The van der Waals surface area contributed by atoms with Gasteiger partial charge in [0.1, 0.15) is 11.6 Å². The highest BCUT2D eigenvalue weighted by Gasteiger charge is 2.28. The van der Waals surface area contributed by atoms with Crippen molar-refractivity contribution in [3.05, 3.63) is 113 Å². The number of halogens is 2. The first-order chi connectivity index (χ1) is 20.9. The number of carbonyl (C=O) groups excluding carboxylic acids is 1. The van der Waals surface area contributed by atoms with E-state index < -0.39 is 5.82 Å². The molecule has 3 N–H and O–H groups in total. The zero-order valence-corrected chi connectivity index (χ0v) is 25.0. The fourth-order valence-electron chi connectivity index (χ4n) is 4.58. The number of aromatic nitrogens is 1. The second-order valence-electron chi connectivity index (χ2n) is 9.86. The molecule has 0 bridgehead atoms. The number of amides is 1. The average molecular weight is 621 g/mol. The molecule has 1 aliphatic rings. The van der Waals surface area contributed by atoms with Crippen LogP contribution in [0.2, 0.25) is 0 Å². The third kappa shape index (κ3) is 8.35. The Balaban J connectivity index is 1.19. The van der Waals surface area contributed by atoms with Gasteiger partial charge >= 0.3 is 0 Å². The van der Waals surface area contributed by atoms with Crippen molar-refractivity contribution < 1.29 is 23.0 Å². The second kappa shape index (κ2) is 14.5. The highest BCUT2D eigenvalue weighted by Crippen LogP contribution is 2.50. The number of hydrogen-bond acceptors (Lipinski definition) is 7. The summed E-state index contributed by atoms with van der Waals surface area (Å²) in [5.74, 6) is -0.756. The monoisotopic (exact) mass is 620 g/mol. The molecular formula is C32H30F2N4O3S2. The van der Waals surface area contributed by atoms with Crippen molar-refractivity contribution in [2.75, 3.05) is 25.6 Å². The lowest BCUT2D eigenvalue weighted by molar-refractivity contribution is -0.119. The fraction of sp³-hybridized carbons (Fsp3) is 0.219. The molecule has 222 valence electrons. The molecule has 0 radical (unpaired) electrons. The van der Waals surface area contributed by atoms with E-state index in [1.807, 2.05) is 0 Å². The van der Waals surface area contributed by atoms with Gasteiger partial charge in [0.15, 0.2) is 16.7 Å². The number of rotatable bonds is 11. The number of fused-ring (bicyclic) bond motifs is 1. The van der Waals surface area contributed by atoms with E-state index in [9.17, 15) is 9.18 Å². The number of hydrogen-bond donors (Lipinski definition) is 3. The molecule has 4 aromatic rings. The summed E-state index contributed by atoms with van der Waals surface area (Å²) in [7, 11) is 1.68. The standard InChI is InChI=1S/C32H30F2N4O3S2/c1-40-14-13-35-19-21-3-2-4-22(15-21)29-18-26-31(43-29)28(11-12-36-26)41-27-10-9-24(17-25(27)34)37-32(42)38-30(39)16-20-5-7-23(33)8-6-20/h2-12,15,17,29,35H,13-14,16,18-19H2,1H3,(H2,37,38,39,42). The number of methoxy groups -OCH3 is 1. The second-order valence-corrected chi connectivity index (χ2v) is 11.5. The molecule has 1 atom stereocenters. The Morgan fingerprint density at radius 1 is 1.05 bits per heavy atom. The number of ether oxygens (including phenoxy) is 2. The third-order valence-electron chi connectivity index (χ3n) is 6.66. The predicted octanol–water partition coefficient (Wildman–Crippen LogP) is 6.33. The van der Waals surface area contributed by atoms with Gasteiger partial charge in [-0.25, -0.2) is 8.78 Å². The van der Waals surface area contributed by atoms with Crippen molar-refractivity contribution in [3.63, 3.8) is 0 Å². The van der Waals surface area contributed by atoms with Crippen molar-refractivity contribution in [2.45, 2.75) is 29.5 Å². The zero-order chi connectivity index (χ0) is 30.2. The summed E-state index contributed by atoms with van der Waals surface area (Å²) >= 11 is 6.86. The highest BCUT2D eigenvalue weighted by molar-refractivity contribution is 8.00. The van der Waals surface area contributed by atoms with E-state index in [-0.39, 0.29) is 34.3 Å². The molecule has 1 amide bonds. The van der Waals surface area contributed by atoms with Crippen LogP contribution in [-0.4, -0.2) is 36.3 Å². The number of anilines is 1.